The molecule has 0 unspecified atom stereocenters. The Morgan fingerprint density at radius 1 is 1.22 bits per heavy atom. The van der Waals surface area contributed by atoms with Crippen LogP contribution in [-0.4, -0.2) is 33.7 Å². The lowest BCUT2D eigenvalue weighted by Crippen LogP contribution is -2.31. The Bertz CT molecular complexity index is 547. The first kappa shape index (κ1) is 14.2. The molecule has 0 aliphatic heterocycles. The molecule has 0 aliphatic rings. The number of nitrogens with one attached hydrogen (secondary N) is 1. The topological polar surface area (TPSA) is 89.5 Å². The van der Waals surface area contributed by atoms with E-state index >= 15 is 0 Å². The molecule has 0 saturated carbocycles. The Labute approximate surface area is 105 Å². The molecule has 0 saturated heterocycles. The van der Waals surface area contributed by atoms with Crippen molar-refractivity contribution in [1.29, 1.82) is 0 Å². The third-order valence-corrected chi connectivity index (χ3v) is 3.30. The van der Waals surface area contributed by atoms with Crippen LogP contribution in [0.1, 0.15) is 5.56 Å². The zero-order valence-corrected chi connectivity index (χ0v) is 10.8. The maximum atomic E-state index is 11.2. The van der Waals surface area contributed by atoms with Crippen LogP contribution in [0.5, 0.6) is 0 Å². The van der Waals surface area contributed by atoms with Crippen LogP contribution in [0.3, 0.4) is 0 Å². The van der Waals surface area contributed by atoms with Crippen molar-refractivity contribution < 1.29 is 22.7 Å². The molecule has 1 aromatic carbocycles. The highest BCUT2D eigenvalue weighted by Gasteiger charge is 2.12. The minimum absolute atomic E-state index is 0.123. The van der Waals surface area contributed by atoms with Gasteiger partial charge < -0.3 is 10.1 Å². The highest BCUT2D eigenvalue weighted by molar-refractivity contribution is 7.90. The molecule has 1 rings (SSSR count). The highest BCUT2D eigenvalue weighted by atomic mass is 32.2. The zero-order valence-electron chi connectivity index (χ0n) is 9.97. The van der Waals surface area contributed by atoms with Gasteiger partial charge in [-0.1, -0.05) is 12.1 Å². The van der Waals surface area contributed by atoms with Crippen LogP contribution in [-0.2, 0) is 30.7 Å². The highest BCUT2D eigenvalue weighted by Crippen LogP contribution is 2.09. The van der Waals surface area contributed by atoms with Crippen molar-refractivity contribution in [2.75, 3.05) is 13.4 Å². The number of ether oxygens (including phenoxy) is 1. The van der Waals surface area contributed by atoms with E-state index in [0.717, 1.165) is 13.4 Å². The van der Waals surface area contributed by atoms with Crippen molar-refractivity contribution in [2.45, 2.75) is 11.4 Å². The lowest BCUT2D eigenvalue weighted by Gasteiger charge is -2.04. The maximum Gasteiger partial charge on any atom is 0.396 e. The largest absolute Gasteiger partial charge is 0.462 e. The number of carbonyl (C=O) groups excluding carboxylic acids is 2. The van der Waals surface area contributed by atoms with Crippen molar-refractivity contribution in [1.82, 2.24) is 5.32 Å². The van der Waals surface area contributed by atoms with Crippen LogP contribution in [0.2, 0.25) is 0 Å². The predicted molar refractivity (Wildman–Crippen MR) is 63.4 cm³/mol. The molecule has 7 heteroatoms. The van der Waals surface area contributed by atoms with Crippen LogP contribution < -0.4 is 5.32 Å². The standard InChI is InChI=1S/C11H13NO5S/c1-17-11(14)10(13)12-7-8-3-5-9(6-4-8)18(2,15)16/h3-6H,7H2,1-2H3,(H,12,13). The monoisotopic (exact) mass is 271 g/mol. The van der Waals surface area contributed by atoms with Crippen molar-refractivity contribution >= 4 is 21.7 Å². The number of hydrogen-bond donors (Lipinski definition) is 1. The van der Waals surface area contributed by atoms with Crippen LogP contribution in [0.15, 0.2) is 29.2 Å². The Hall–Kier alpha value is -1.89. The summed E-state index contributed by atoms with van der Waals surface area (Å²) < 4.78 is 26.6. The van der Waals surface area contributed by atoms with Crippen molar-refractivity contribution in [2.24, 2.45) is 0 Å². The number of benzene rings is 1. The van der Waals surface area contributed by atoms with Gasteiger partial charge in [0.1, 0.15) is 0 Å². The summed E-state index contributed by atoms with van der Waals surface area (Å²) >= 11 is 0. The molecule has 0 fully saturated rings. The molecule has 0 bridgehead atoms. The van der Waals surface area contributed by atoms with E-state index in [9.17, 15) is 18.0 Å². The summed E-state index contributed by atoms with van der Waals surface area (Å²) in [4.78, 5) is 22.1. The molecular formula is C11H13NO5S. The molecular weight excluding hydrogens is 258 g/mol. The molecule has 0 aromatic heterocycles. The fourth-order valence-electron chi connectivity index (χ4n) is 1.20. The van der Waals surface area contributed by atoms with E-state index in [4.69, 9.17) is 0 Å². The quantitative estimate of drug-likeness (QED) is 0.611. The smallest absolute Gasteiger partial charge is 0.396 e. The van der Waals surface area contributed by atoms with Gasteiger partial charge in [0.2, 0.25) is 0 Å². The number of esters is 1. The number of carbonyl (C=O) groups is 2. The third-order valence-electron chi connectivity index (χ3n) is 2.18. The first-order chi connectivity index (χ1) is 8.34. The number of hydrogen-bond acceptors (Lipinski definition) is 5. The maximum absolute atomic E-state index is 11.2. The second kappa shape index (κ2) is 5.63. The van der Waals surface area contributed by atoms with E-state index in [1.807, 2.05) is 0 Å². The van der Waals surface area contributed by atoms with Gasteiger partial charge in [0.05, 0.1) is 12.0 Å². The molecule has 6 nitrogen and oxygen atoms in total. The fourth-order valence-corrected chi connectivity index (χ4v) is 1.83. The number of sulfone groups is 1. The molecule has 98 valence electrons. The molecule has 1 N–H and O–H groups in total. The van der Waals surface area contributed by atoms with Crippen LogP contribution in [0, 0.1) is 0 Å². The molecule has 0 aliphatic carbocycles. The second-order valence-corrected chi connectivity index (χ2v) is 5.61. The van der Waals surface area contributed by atoms with Gasteiger partial charge in [0, 0.05) is 12.8 Å². The first-order valence-electron chi connectivity index (χ1n) is 4.99. The number of rotatable bonds is 3. The Morgan fingerprint density at radius 2 is 1.78 bits per heavy atom. The molecule has 0 heterocycles. The summed E-state index contributed by atoms with van der Waals surface area (Å²) in [6.07, 6.45) is 1.11. The summed E-state index contributed by atoms with van der Waals surface area (Å²) in [5.74, 6) is -1.81. The molecule has 18 heavy (non-hydrogen) atoms. The molecule has 0 atom stereocenters. The van der Waals surface area contributed by atoms with E-state index in [2.05, 4.69) is 10.1 Å². The van der Waals surface area contributed by atoms with Crippen LogP contribution in [0.4, 0.5) is 0 Å². The fraction of sp³-hybridized carbons (Fsp3) is 0.273. The Balaban J connectivity index is 2.66. The van der Waals surface area contributed by atoms with Gasteiger partial charge in [-0.25, -0.2) is 13.2 Å². The normalized spacial score (nSPS) is 10.8. The average molecular weight is 271 g/mol. The molecule has 1 amide bonds. The Kier molecular flexibility index (Phi) is 4.43. The van der Waals surface area contributed by atoms with Crippen molar-refractivity contribution in [3.05, 3.63) is 29.8 Å². The third kappa shape index (κ3) is 3.85. The SMILES string of the molecule is COC(=O)C(=O)NCc1ccc(S(C)(=O)=O)cc1. The average Bonchev–Trinajstić information content (AvgIpc) is 2.34. The van der Waals surface area contributed by atoms with E-state index in [-0.39, 0.29) is 11.4 Å². The van der Waals surface area contributed by atoms with Gasteiger partial charge in [0.25, 0.3) is 0 Å². The minimum Gasteiger partial charge on any atom is -0.462 e. The lowest BCUT2D eigenvalue weighted by atomic mass is 10.2. The zero-order chi connectivity index (χ0) is 13.8. The second-order valence-electron chi connectivity index (χ2n) is 3.59. The first-order valence-corrected chi connectivity index (χ1v) is 6.89. The molecule has 1 aromatic rings. The summed E-state index contributed by atoms with van der Waals surface area (Å²) in [7, 11) is -2.12. The molecule has 0 spiro atoms. The Morgan fingerprint density at radius 3 is 2.22 bits per heavy atom. The van der Waals surface area contributed by atoms with E-state index in [1.54, 1.807) is 12.1 Å². The van der Waals surface area contributed by atoms with Crippen LogP contribution >= 0.6 is 0 Å². The van der Waals surface area contributed by atoms with E-state index in [1.165, 1.54) is 12.1 Å². The van der Waals surface area contributed by atoms with Crippen LogP contribution in [0.25, 0.3) is 0 Å². The van der Waals surface area contributed by atoms with Crippen molar-refractivity contribution in [3.8, 4) is 0 Å². The van der Waals surface area contributed by atoms with Gasteiger partial charge in [-0.3, -0.25) is 4.79 Å². The lowest BCUT2D eigenvalue weighted by molar-refractivity contribution is -0.152. The number of methoxy groups -OCH3 is 1. The minimum atomic E-state index is -3.23. The molecule has 0 radical (unpaired) electrons. The van der Waals surface area contributed by atoms with Gasteiger partial charge in [-0.05, 0) is 17.7 Å². The van der Waals surface area contributed by atoms with E-state index < -0.39 is 21.7 Å². The van der Waals surface area contributed by atoms with Gasteiger partial charge in [0.15, 0.2) is 9.84 Å². The van der Waals surface area contributed by atoms with Gasteiger partial charge >= 0.3 is 11.9 Å². The summed E-state index contributed by atoms with van der Waals surface area (Å²) in [6, 6.07) is 6.01. The van der Waals surface area contributed by atoms with Gasteiger partial charge in [-0.2, -0.15) is 0 Å². The predicted octanol–water partition coefficient (Wildman–Crippen LogP) is -0.121. The summed E-state index contributed by atoms with van der Waals surface area (Å²) in [5, 5.41) is 2.34. The summed E-state index contributed by atoms with van der Waals surface area (Å²) in [5.41, 5.74) is 0.680. The number of amides is 1. The van der Waals surface area contributed by atoms with E-state index in [0.29, 0.717) is 5.56 Å². The van der Waals surface area contributed by atoms with Gasteiger partial charge in [-0.15, -0.1) is 0 Å². The summed E-state index contributed by atoms with van der Waals surface area (Å²) in [6.45, 7) is 0.123. The van der Waals surface area contributed by atoms with Crippen molar-refractivity contribution in [3.63, 3.8) is 0 Å².